The molecule has 0 aromatic heterocycles. The lowest BCUT2D eigenvalue weighted by molar-refractivity contribution is -0.117. The van der Waals surface area contributed by atoms with Gasteiger partial charge in [0.1, 0.15) is 0 Å². The Hall–Kier alpha value is -3.65. The fourth-order valence-corrected chi connectivity index (χ4v) is 4.25. The molecule has 2 N–H and O–H groups in total. The zero-order chi connectivity index (χ0) is 21.8. The van der Waals surface area contributed by atoms with Crippen molar-refractivity contribution in [3.8, 4) is 22.3 Å². The summed E-state index contributed by atoms with van der Waals surface area (Å²) in [7, 11) is 0. The molecule has 31 heavy (non-hydrogen) atoms. The average molecular weight is 406 g/mol. The van der Waals surface area contributed by atoms with Crippen molar-refractivity contribution in [1.29, 1.82) is 0 Å². The van der Waals surface area contributed by atoms with Gasteiger partial charge in [-0.3, -0.25) is 4.79 Å². The summed E-state index contributed by atoms with van der Waals surface area (Å²) >= 11 is 0. The van der Waals surface area contributed by atoms with Crippen molar-refractivity contribution in [2.45, 2.75) is 26.7 Å². The molecule has 1 amide bonds. The molecule has 0 aliphatic rings. The molecule has 2 nitrogen and oxygen atoms in total. The van der Waals surface area contributed by atoms with E-state index >= 15 is 0 Å². The van der Waals surface area contributed by atoms with Gasteiger partial charge in [-0.05, 0) is 70.3 Å². The third-order valence-corrected chi connectivity index (χ3v) is 6.09. The van der Waals surface area contributed by atoms with Crippen LogP contribution in [0.1, 0.15) is 27.8 Å². The second-order valence-corrected chi connectivity index (χ2v) is 8.02. The fraction of sp³-hybridized carbons (Fsp3) is 0.138. The number of hydrogen-bond donors (Lipinski definition) is 1. The monoisotopic (exact) mass is 405 g/mol. The highest BCUT2D eigenvalue weighted by Crippen LogP contribution is 2.35. The van der Waals surface area contributed by atoms with E-state index in [0.717, 1.165) is 17.5 Å². The van der Waals surface area contributed by atoms with Gasteiger partial charge in [0.05, 0.1) is 6.42 Å². The highest BCUT2D eigenvalue weighted by molar-refractivity contribution is 5.80. The molecule has 154 valence electrons. The van der Waals surface area contributed by atoms with Gasteiger partial charge in [-0.15, -0.1) is 0 Å². The second-order valence-electron chi connectivity index (χ2n) is 8.02. The number of primary amides is 1. The Bertz CT molecular complexity index is 1150. The van der Waals surface area contributed by atoms with E-state index in [1.165, 1.54) is 38.9 Å². The van der Waals surface area contributed by atoms with Crippen molar-refractivity contribution in [3.05, 3.63) is 119 Å². The quantitative estimate of drug-likeness (QED) is 0.404. The molecule has 0 saturated carbocycles. The third kappa shape index (κ3) is 4.44. The van der Waals surface area contributed by atoms with Crippen LogP contribution >= 0.6 is 0 Å². The van der Waals surface area contributed by atoms with Gasteiger partial charge in [0.25, 0.3) is 0 Å². The van der Waals surface area contributed by atoms with Crippen LogP contribution in [-0.2, 0) is 17.6 Å². The van der Waals surface area contributed by atoms with E-state index < -0.39 is 0 Å². The standard InChI is InChI=1S/C29H27NO/c1-20-21(2)25(19-29(30)31)17-16-24(20)18-28-26(22-10-5-3-6-11-22)14-9-15-27(28)23-12-7-4-8-13-23/h3-17H,18-19H2,1-2H3,(H2,30,31). The number of benzene rings is 4. The summed E-state index contributed by atoms with van der Waals surface area (Å²) in [6.07, 6.45) is 1.10. The normalized spacial score (nSPS) is 10.8. The molecule has 0 bridgehead atoms. The van der Waals surface area contributed by atoms with Crippen LogP contribution in [0.3, 0.4) is 0 Å². The van der Waals surface area contributed by atoms with Crippen molar-refractivity contribution in [1.82, 2.24) is 0 Å². The number of amides is 1. The Kier molecular flexibility index (Phi) is 5.99. The van der Waals surface area contributed by atoms with Crippen LogP contribution in [-0.4, -0.2) is 5.91 Å². The van der Waals surface area contributed by atoms with Crippen LogP contribution < -0.4 is 5.73 Å². The van der Waals surface area contributed by atoms with Crippen molar-refractivity contribution < 1.29 is 4.79 Å². The lowest BCUT2D eigenvalue weighted by Crippen LogP contribution is -2.15. The summed E-state index contributed by atoms with van der Waals surface area (Å²) < 4.78 is 0. The molecule has 0 aliphatic carbocycles. The molecule has 0 spiro atoms. The van der Waals surface area contributed by atoms with Crippen LogP contribution in [0, 0.1) is 13.8 Å². The Morgan fingerprint density at radius 3 is 1.65 bits per heavy atom. The molecular formula is C29H27NO. The maximum Gasteiger partial charge on any atom is 0.221 e. The van der Waals surface area contributed by atoms with Crippen LogP contribution in [0.5, 0.6) is 0 Å². The van der Waals surface area contributed by atoms with Crippen LogP contribution in [0.4, 0.5) is 0 Å². The minimum absolute atomic E-state index is 0.281. The molecule has 0 saturated heterocycles. The van der Waals surface area contributed by atoms with Crippen molar-refractivity contribution in [2.75, 3.05) is 0 Å². The van der Waals surface area contributed by atoms with Gasteiger partial charge in [0.2, 0.25) is 5.91 Å². The Balaban J connectivity index is 1.86. The fourth-order valence-electron chi connectivity index (χ4n) is 4.25. The molecule has 0 radical (unpaired) electrons. The smallest absolute Gasteiger partial charge is 0.221 e. The number of rotatable bonds is 6. The van der Waals surface area contributed by atoms with Gasteiger partial charge < -0.3 is 5.73 Å². The van der Waals surface area contributed by atoms with Crippen molar-refractivity contribution >= 4 is 5.91 Å². The van der Waals surface area contributed by atoms with E-state index in [4.69, 9.17) is 5.73 Å². The maximum absolute atomic E-state index is 11.4. The van der Waals surface area contributed by atoms with Crippen LogP contribution in [0.25, 0.3) is 22.3 Å². The zero-order valence-corrected chi connectivity index (χ0v) is 18.1. The SMILES string of the molecule is Cc1c(CC(N)=O)ccc(Cc2c(-c3ccccc3)cccc2-c2ccccc2)c1C. The van der Waals surface area contributed by atoms with Gasteiger partial charge in [-0.1, -0.05) is 91.0 Å². The van der Waals surface area contributed by atoms with Gasteiger partial charge in [-0.25, -0.2) is 0 Å². The summed E-state index contributed by atoms with van der Waals surface area (Å²) in [5, 5.41) is 0. The van der Waals surface area contributed by atoms with E-state index in [9.17, 15) is 4.79 Å². The minimum atomic E-state index is -0.295. The summed E-state index contributed by atoms with van der Waals surface area (Å²) in [5.41, 5.74) is 16.3. The first-order valence-electron chi connectivity index (χ1n) is 10.6. The Morgan fingerprint density at radius 1 is 0.645 bits per heavy atom. The Morgan fingerprint density at radius 2 is 1.13 bits per heavy atom. The van der Waals surface area contributed by atoms with Gasteiger partial charge in [0.15, 0.2) is 0 Å². The lowest BCUT2D eigenvalue weighted by Gasteiger charge is -2.19. The maximum atomic E-state index is 11.4. The molecule has 0 atom stereocenters. The summed E-state index contributed by atoms with van der Waals surface area (Å²) in [4.78, 5) is 11.4. The summed E-state index contributed by atoms with van der Waals surface area (Å²) in [6.45, 7) is 4.22. The topological polar surface area (TPSA) is 43.1 Å². The first-order valence-corrected chi connectivity index (χ1v) is 10.6. The van der Waals surface area contributed by atoms with E-state index in [2.05, 4.69) is 105 Å². The van der Waals surface area contributed by atoms with Gasteiger partial charge >= 0.3 is 0 Å². The molecule has 4 rings (SSSR count). The van der Waals surface area contributed by atoms with Crippen LogP contribution in [0.15, 0.2) is 91.0 Å². The number of hydrogen-bond acceptors (Lipinski definition) is 1. The van der Waals surface area contributed by atoms with E-state index in [0.29, 0.717) is 0 Å². The molecule has 4 aromatic rings. The predicted molar refractivity (Wildman–Crippen MR) is 129 cm³/mol. The van der Waals surface area contributed by atoms with Crippen molar-refractivity contribution in [3.63, 3.8) is 0 Å². The molecule has 0 heterocycles. The minimum Gasteiger partial charge on any atom is -0.369 e. The zero-order valence-electron chi connectivity index (χ0n) is 18.1. The van der Waals surface area contributed by atoms with E-state index in [1.54, 1.807) is 0 Å². The highest BCUT2D eigenvalue weighted by atomic mass is 16.1. The molecule has 0 fully saturated rings. The van der Waals surface area contributed by atoms with Gasteiger partial charge in [0, 0.05) is 0 Å². The largest absolute Gasteiger partial charge is 0.369 e. The van der Waals surface area contributed by atoms with Crippen molar-refractivity contribution in [2.24, 2.45) is 5.73 Å². The number of carbonyl (C=O) groups excluding carboxylic acids is 1. The average Bonchev–Trinajstić information content (AvgIpc) is 2.80. The highest BCUT2D eigenvalue weighted by Gasteiger charge is 2.15. The molecule has 0 aliphatic heterocycles. The van der Waals surface area contributed by atoms with Crippen LogP contribution in [0.2, 0.25) is 0 Å². The first kappa shape index (κ1) is 20.6. The molecular weight excluding hydrogens is 378 g/mol. The predicted octanol–water partition coefficient (Wildman–Crippen LogP) is 6.26. The molecule has 2 heteroatoms. The molecule has 4 aromatic carbocycles. The number of carbonyl (C=O) groups is 1. The summed E-state index contributed by atoms with van der Waals surface area (Å²) in [6, 6.07) is 31.9. The van der Waals surface area contributed by atoms with Gasteiger partial charge in [-0.2, -0.15) is 0 Å². The van der Waals surface area contributed by atoms with E-state index in [1.807, 2.05) is 0 Å². The second kappa shape index (κ2) is 9.01. The molecule has 0 unspecified atom stereocenters. The van der Waals surface area contributed by atoms with E-state index in [-0.39, 0.29) is 12.3 Å². The first-order chi connectivity index (χ1) is 15.0. The Labute approximate surface area is 184 Å². The lowest BCUT2D eigenvalue weighted by atomic mass is 9.86. The number of nitrogens with two attached hydrogens (primary N) is 1. The summed E-state index contributed by atoms with van der Waals surface area (Å²) in [5.74, 6) is -0.295. The third-order valence-electron chi connectivity index (χ3n) is 6.09.